The number of rotatable bonds is 0. The fourth-order valence-electron chi connectivity index (χ4n) is 1.78. The van der Waals surface area contributed by atoms with Gasteiger partial charge in [0.15, 0.2) is 5.69 Å². The molecule has 0 spiro atoms. The van der Waals surface area contributed by atoms with Gasteiger partial charge in [0.05, 0.1) is 5.69 Å². The first-order valence-electron chi connectivity index (χ1n) is 4.20. The Morgan fingerprint density at radius 2 is 1.86 bits per heavy atom. The van der Waals surface area contributed by atoms with Crippen LogP contribution in [0.4, 0.5) is 13.2 Å². The van der Waals surface area contributed by atoms with E-state index in [2.05, 4.69) is 5.10 Å². The predicted octanol–water partition coefficient (Wildman–Crippen LogP) is 1.38. The number of aromatic nitrogens is 2. The van der Waals surface area contributed by atoms with E-state index < -0.39 is 11.9 Å². The molecule has 0 amide bonds. The molecule has 0 aromatic carbocycles. The zero-order valence-electron chi connectivity index (χ0n) is 7.89. The molecule has 0 fully saturated rings. The number of nitrogens with zero attached hydrogens (tertiary/aromatic N) is 3. The second-order valence-corrected chi connectivity index (χ2v) is 3.57. The molecule has 6 heteroatoms. The van der Waals surface area contributed by atoms with Gasteiger partial charge in [0.25, 0.3) is 0 Å². The number of fused-ring (bicyclic) bond motifs is 1. The van der Waals surface area contributed by atoms with E-state index in [1.807, 2.05) is 4.90 Å². The van der Waals surface area contributed by atoms with Crippen molar-refractivity contribution < 1.29 is 13.2 Å². The highest BCUT2D eigenvalue weighted by atomic mass is 19.4. The maximum atomic E-state index is 12.5. The summed E-state index contributed by atoms with van der Waals surface area (Å²) >= 11 is 0. The Hall–Kier alpha value is -1.04. The van der Waals surface area contributed by atoms with Crippen molar-refractivity contribution in [3.05, 3.63) is 17.0 Å². The molecule has 0 N–H and O–H groups in total. The van der Waals surface area contributed by atoms with Crippen LogP contribution >= 0.6 is 0 Å². The van der Waals surface area contributed by atoms with E-state index >= 15 is 0 Å². The minimum Gasteiger partial charge on any atom is -0.296 e. The average Bonchev–Trinajstić information content (AvgIpc) is 2.49. The van der Waals surface area contributed by atoms with Crippen molar-refractivity contribution in [2.24, 2.45) is 7.05 Å². The summed E-state index contributed by atoms with van der Waals surface area (Å²) in [6, 6.07) is 0. The summed E-state index contributed by atoms with van der Waals surface area (Å²) < 4.78 is 38.8. The van der Waals surface area contributed by atoms with Crippen molar-refractivity contribution in [3.63, 3.8) is 0 Å². The molecule has 78 valence electrons. The molecule has 1 aromatic rings. The van der Waals surface area contributed by atoms with Crippen molar-refractivity contribution >= 4 is 0 Å². The Morgan fingerprint density at radius 3 is 2.43 bits per heavy atom. The summed E-state index contributed by atoms with van der Waals surface area (Å²) in [5.74, 6) is 0. The molecular weight excluding hydrogens is 195 g/mol. The van der Waals surface area contributed by atoms with Crippen LogP contribution in [-0.4, -0.2) is 21.7 Å². The van der Waals surface area contributed by atoms with Crippen molar-refractivity contribution in [2.75, 3.05) is 7.05 Å². The van der Waals surface area contributed by atoms with Gasteiger partial charge >= 0.3 is 6.18 Å². The molecule has 1 aliphatic heterocycles. The van der Waals surface area contributed by atoms with Crippen molar-refractivity contribution in [3.8, 4) is 0 Å². The summed E-state index contributed by atoms with van der Waals surface area (Å²) in [6.45, 7) is 0.868. The van der Waals surface area contributed by atoms with E-state index in [4.69, 9.17) is 0 Å². The zero-order chi connectivity index (χ0) is 10.5. The first kappa shape index (κ1) is 9.51. The monoisotopic (exact) mass is 205 g/mol. The number of aryl methyl sites for hydroxylation is 1. The third-order valence-corrected chi connectivity index (χ3v) is 2.39. The van der Waals surface area contributed by atoms with Gasteiger partial charge in [-0.05, 0) is 7.05 Å². The molecular formula is C8H10F3N3. The highest BCUT2D eigenvalue weighted by Gasteiger charge is 2.40. The second-order valence-electron chi connectivity index (χ2n) is 3.57. The third kappa shape index (κ3) is 1.30. The van der Waals surface area contributed by atoms with Crippen LogP contribution in [0.5, 0.6) is 0 Å². The molecule has 1 aliphatic rings. The van der Waals surface area contributed by atoms with Gasteiger partial charge in [-0.15, -0.1) is 0 Å². The molecule has 0 aliphatic carbocycles. The minimum absolute atomic E-state index is 0.322. The van der Waals surface area contributed by atoms with E-state index in [0.29, 0.717) is 24.3 Å². The van der Waals surface area contributed by atoms with Gasteiger partial charge in [0.2, 0.25) is 0 Å². The van der Waals surface area contributed by atoms with Crippen molar-refractivity contribution in [1.29, 1.82) is 0 Å². The van der Waals surface area contributed by atoms with Crippen LogP contribution in [0.2, 0.25) is 0 Å². The summed E-state index contributed by atoms with van der Waals surface area (Å²) in [5, 5.41) is 3.50. The first-order chi connectivity index (χ1) is 6.39. The minimum atomic E-state index is -4.34. The molecule has 0 saturated heterocycles. The van der Waals surface area contributed by atoms with Crippen LogP contribution in [-0.2, 0) is 26.3 Å². The van der Waals surface area contributed by atoms with Crippen LogP contribution in [0.25, 0.3) is 0 Å². The molecule has 2 heterocycles. The smallest absolute Gasteiger partial charge is 0.296 e. The second kappa shape index (κ2) is 2.73. The van der Waals surface area contributed by atoms with Crippen LogP contribution < -0.4 is 0 Å². The van der Waals surface area contributed by atoms with Gasteiger partial charge in [-0.3, -0.25) is 9.58 Å². The Bertz CT molecular complexity index is 367. The maximum Gasteiger partial charge on any atom is 0.435 e. The van der Waals surface area contributed by atoms with E-state index in [0.717, 1.165) is 0 Å². The van der Waals surface area contributed by atoms with E-state index in [9.17, 15) is 13.2 Å². The van der Waals surface area contributed by atoms with E-state index in [-0.39, 0.29) is 0 Å². The first-order valence-corrected chi connectivity index (χ1v) is 4.20. The lowest BCUT2D eigenvalue weighted by atomic mass is 10.2. The number of alkyl halides is 3. The van der Waals surface area contributed by atoms with E-state index in [1.54, 1.807) is 14.1 Å². The Morgan fingerprint density at radius 1 is 1.21 bits per heavy atom. The van der Waals surface area contributed by atoms with Gasteiger partial charge in [-0.2, -0.15) is 18.3 Å². The SMILES string of the molecule is CN1Cc2c(C(F)(F)F)nn(C)c2C1. The van der Waals surface area contributed by atoms with Gasteiger partial charge in [-0.25, -0.2) is 0 Å². The summed E-state index contributed by atoms with van der Waals surface area (Å²) in [7, 11) is 3.34. The van der Waals surface area contributed by atoms with Crippen LogP contribution in [0.1, 0.15) is 17.0 Å². The van der Waals surface area contributed by atoms with Crippen LogP contribution in [0, 0.1) is 0 Å². The summed E-state index contributed by atoms with van der Waals surface area (Å²) in [4.78, 5) is 1.83. The molecule has 3 nitrogen and oxygen atoms in total. The molecule has 0 saturated carbocycles. The largest absolute Gasteiger partial charge is 0.435 e. The van der Waals surface area contributed by atoms with Gasteiger partial charge in [0, 0.05) is 25.7 Å². The summed E-state index contributed by atoms with van der Waals surface area (Å²) in [5.41, 5.74) is 0.252. The highest BCUT2D eigenvalue weighted by Crippen LogP contribution is 2.35. The lowest BCUT2D eigenvalue weighted by Crippen LogP contribution is -2.15. The highest BCUT2D eigenvalue weighted by molar-refractivity contribution is 5.31. The Labute approximate surface area is 79.1 Å². The normalized spacial score (nSPS) is 17.5. The Kier molecular flexibility index (Phi) is 1.85. The lowest BCUT2D eigenvalue weighted by Gasteiger charge is -2.08. The lowest BCUT2D eigenvalue weighted by molar-refractivity contribution is -0.142. The zero-order valence-corrected chi connectivity index (χ0v) is 7.89. The average molecular weight is 205 g/mol. The van der Waals surface area contributed by atoms with Crippen LogP contribution in [0.15, 0.2) is 0 Å². The van der Waals surface area contributed by atoms with Gasteiger partial charge in [0.1, 0.15) is 0 Å². The molecule has 14 heavy (non-hydrogen) atoms. The fourth-order valence-corrected chi connectivity index (χ4v) is 1.78. The molecule has 0 radical (unpaired) electrons. The standard InChI is InChI=1S/C8H10F3N3/c1-13-3-5-6(4-13)14(2)12-7(5)8(9,10)11/h3-4H2,1-2H3. The molecule has 0 atom stereocenters. The molecule has 0 unspecified atom stereocenters. The Balaban J connectivity index is 2.51. The van der Waals surface area contributed by atoms with E-state index in [1.165, 1.54) is 4.68 Å². The third-order valence-electron chi connectivity index (χ3n) is 2.39. The molecule has 2 rings (SSSR count). The van der Waals surface area contributed by atoms with Gasteiger partial charge in [-0.1, -0.05) is 0 Å². The van der Waals surface area contributed by atoms with Crippen molar-refractivity contribution in [2.45, 2.75) is 19.3 Å². The van der Waals surface area contributed by atoms with Crippen LogP contribution in [0.3, 0.4) is 0 Å². The number of hydrogen-bond donors (Lipinski definition) is 0. The van der Waals surface area contributed by atoms with Crippen molar-refractivity contribution in [1.82, 2.24) is 14.7 Å². The van der Waals surface area contributed by atoms with Gasteiger partial charge < -0.3 is 0 Å². The maximum absolute atomic E-state index is 12.5. The molecule has 0 bridgehead atoms. The molecule has 1 aromatic heterocycles. The number of hydrogen-bond acceptors (Lipinski definition) is 2. The fraction of sp³-hybridized carbons (Fsp3) is 0.625. The summed E-state index contributed by atoms with van der Waals surface area (Å²) in [6.07, 6.45) is -4.34. The quantitative estimate of drug-likeness (QED) is 0.638. The topological polar surface area (TPSA) is 21.1 Å². The predicted molar refractivity (Wildman–Crippen MR) is 43.4 cm³/mol. The number of halogens is 3.